The third-order valence-corrected chi connectivity index (χ3v) is 5.10. The number of hydrogen-bond acceptors (Lipinski definition) is 2. The summed E-state index contributed by atoms with van der Waals surface area (Å²) in [5, 5.41) is 15.3. The van der Waals surface area contributed by atoms with Gasteiger partial charge >= 0.3 is 12.0 Å². The summed E-state index contributed by atoms with van der Waals surface area (Å²) in [6.45, 7) is 0. The lowest BCUT2D eigenvalue weighted by Crippen LogP contribution is -2.52. The van der Waals surface area contributed by atoms with Crippen molar-refractivity contribution in [1.29, 1.82) is 0 Å². The van der Waals surface area contributed by atoms with Crippen LogP contribution in [-0.2, 0) is 4.79 Å². The molecule has 110 valence electrons. The molecule has 2 fully saturated rings. The van der Waals surface area contributed by atoms with Gasteiger partial charge in [-0.25, -0.2) is 4.79 Å². The molecule has 5 heteroatoms. The predicted molar refractivity (Wildman–Crippen MR) is 74.2 cm³/mol. The summed E-state index contributed by atoms with van der Waals surface area (Å²) >= 11 is 0. The Balaban J connectivity index is 1.57. The molecule has 0 aliphatic heterocycles. The Morgan fingerprint density at radius 3 is 2.55 bits per heavy atom. The molecule has 0 radical (unpaired) electrons. The topological polar surface area (TPSA) is 78.4 Å². The first-order valence-corrected chi connectivity index (χ1v) is 7.60. The molecule has 5 unspecified atom stereocenters. The van der Waals surface area contributed by atoms with Crippen molar-refractivity contribution in [3.63, 3.8) is 0 Å². The highest BCUT2D eigenvalue weighted by atomic mass is 16.4. The first-order valence-electron chi connectivity index (χ1n) is 7.60. The first-order chi connectivity index (χ1) is 9.65. The summed E-state index contributed by atoms with van der Waals surface area (Å²) in [7, 11) is 0. The molecular weight excluding hydrogens is 256 g/mol. The summed E-state index contributed by atoms with van der Waals surface area (Å²) < 4.78 is 0. The molecule has 5 atom stereocenters. The zero-order chi connectivity index (χ0) is 14.1. The second-order valence-corrected chi connectivity index (χ2v) is 6.32. The lowest BCUT2D eigenvalue weighted by molar-refractivity contribution is -0.144. The molecule has 3 rings (SSSR count). The number of hydrogen-bond donors (Lipinski definition) is 3. The molecule has 0 aromatic carbocycles. The van der Waals surface area contributed by atoms with Crippen molar-refractivity contribution >= 4 is 12.0 Å². The van der Waals surface area contributed by atoms with E-state index in [1.54, 1.807) is 0 Å². The molecule has 0 aromatic rings. The van der Waals surface area contributed by atoms with E-state index in [2.05, 4.69) is 22.8 Å². The van der Waals surface area contributed by atoms with Crippen LogP contribution in [0.3, 0.4) is 0 Å². The fraction of sp³-hybridized carbons (Fsp3) is 0.733. The molecule has 3 N–H and O–H groups in total. The lowest BCUT2D eigenvalue weighted by atomic mass is 9.84. The Hall–Kier alpha value is -1.52. The molecule has 2 amide bonds. The summed E-state index contributed by atoms with van der Waals surface area (Å²) in [4.78, 5) is 23.5. The molecule has 3 aliphatic rings. The zero-order valence-corrected chi connectivity index (χ0v) is 11.5. The van der Waals surface area contributed by atoms with Crippen molar-refractivity contribution in [2.45, 2.75) is 50.6 Å². The number of carbonyl (C=O) groups excluding carboxylic acids is 1. The minimum Gasteiger partial charge on any atom is -0.481 e. The number of carboxylic acid groups (broad SMARTS) is 1. The average molecular weight is 278 g/mol. The van der Waals surface area contributed by atoms with Crippen LogP contribution in [0, 0.1) is 17.8 Å². The first kappa shape index (κ1) is 13.5. The number of amides is 2. The highest BCUT2D eigenvalue weighted by Crippen LogP contribution is 2.48. The number of fused-ring (bicyclic) bond motifs is 2. The summed E-state index contributed by atoms with van der Waals surface area (Å²) in [5.41, 5.74) is 0. The van der Waals surface area contributed by atoms with E-state index >= 15 is 0 Å². The Bertz CT molecular complexity index is 435. The molecule has 0 aromatic heterocycles. The van der Waals surface area contributed by atoms with Crippen LogP contribution >= 0.6 is 0 Å². The minimum absolute atomic E-state index is 0.182. The van der Waals surface area contributed by atoms with Gasteiger partial charge in [-0.1, -0.05) is 12.2 Å². The second-order valence-electron chi connectivity index (χ2n) is 6.32. The Kier molecular flexibility index (Phi) is 3.68. The fourth-order valence-electron chi connectivity index (χ4n) is 4.16. The smallest absolute Gasteiger partial charge is 0.315 e. The van der Waals surface area contributed by atoms with Gasteiger partial charge in [-0.3, -0.25) is 4.79 Å². The maximum Gasteiger partial charge on any atom is 0.315 e. The van der Waals surface area contributed by atoms with Gasteiger partial charge in [-0.05, 0) is 50.4 Å². The number of rotatable bonds is 3. The van der Waals surface area contributed by atoms with E-state index in [9.17, 15) is 14.7 Å². The maximum atomic E-state index is 12.1. The maximum absolute atomic E-state index is 12.1. The van der Waals surface area contributed by atoms with Crippen LogP contribution in [0.5, 0.6) is 0 Å². The average Bonchev–Trinajstić information content (AvgIpc) is 3.00. The molecule has 3 aliphatic carbocycles. The van der Waals surface area contributed by atoms with Crippen molar-refractivity contribution in [2.24, 2.45) is 17.8 Å². The molecule has 0 heterocycles. The van der Waals surface area contributed by atoms with E-state index < -0.39 is 11.9 Å². The van der Waals surface area contributed by atoms with Gasteiger partial charge in [0, 0.05) is 12.1 Å². The Morgan fingerprint density at radius 2 is 1.85 bits per heavy atom. The lowest BCUT2D eigenvalue weighted by Gasteiger charge is -2.30. The zero-order valence-electron chi connectivity index (χ0n) is 11.5. The van der Waals surface area contributed by atoms with Gasteiger partial charge in [0.1, 0.15) is 0 Å². The van der Waals surface area contributed by atoms with Crippen molar-refractivity contribution < 1.29 is 14.7 Å². The molecule has 5 nitrogen and oxygen atoms in total. The quantitative estimate of drug-likeness (QED) is 0.690. The van der Waals surface area contributed by atoms with Crippen molar-refractivity contribution in [1.82, 2.24) is 10.6 Å². The Labute approximate surface area is 118 Å². The van der Waals surface area contributed by atoms with Gasteiger partial charge in [0.25, 0.3) is 0 Å². The molecule has 20 heavy (non-hydrogen) atoms. The van der Waals surface area contributed by atoms with Crippen LogP contribution < -0.4 is 10.6 Å². The number of nitrogens with one attached hydrogen (secondary N) is 2. The number of allylic oxidation sites excluding steroid dienone is 1. The fourth-order valence-corrected chi connectivity index (χ4v) is 4.16. The van der Waals surface area contributed by atoms with Gasteiger partial charge in [0.2, 0.25) is 0 Å². The van der Waals surface area contributed by atoms with Crippen LogP contribution in [-0.4, -0.2) is 29.2 Å². The highest BCUT2D eigenvalue weighted by molar-refractivity contribution is 5.77. The van der Waals surface area contributed by atoms with E-state index in [4.69, 9.17) is 0 Å². The van der Waals surface area contributed by atoms with Crippen molar-refractivity contribution in [3.8, 4) is 0 Å². The van der Waals surface area contributed by atoms with Crippen molar-refractivity contribution in [3.05, 3.63) is 12.2 Å². The van der Waals surface area contributed by atoms with E-state index in [1.165, 1.54) is 0 Å². The normalized spacial score (nSPS) is 38.7. The van der Waals surface area contributed by atoms with Crippen LogP contribution in [0.2, 0.25) is 0 Å². The molecule has 0 spiro atoms. The van der Waals surface area contributed by atoms with Crippen LogP contribution in [0.4, 0.5) is 4.79 Å². The van der Waals surface area contributed by atoms with Crippen LogP contribution in [0.25, 0.3) is 0 Å². The Morgan fingerprint density at radius 1 is 1.05 bits per heavy atom. The monoisotopic (exact) mass is 278 g/mol. The summed E-state index contributed by atoms with van der Waals surface area (Å²) in [6.07, 6.45) is 10.0. The number of carbonyl (C=O) groups is 2. The van der Waals surface area contributed by atoms with Crippen LogP contribution in [0.15, 0.2) is 12.2 Å². The van der Waals surface area contributed by atoms with Gasteiger partial charge in [-0.15, -0.1) is 0 Å². The number of urea groups is 1. The molecule has 2 bridgehead atoms. The van der Waals surface area contributed by atoms with E-state index in [0.717, 1.165) is 38.5 Å². The molecule has 0 saturated heterocycles. The summed E-state index contributed by atoms with van der Waals surface area (Å²) in [6, 6.07) is -0.207. The highest BCUT2D eigenvalue weighted by Gasteiger charge is 2.51. The number of carboxylic acids is 1. The minimum atomic E-state index is -0.761. The van der Waals surface area contributed by atoms with Gasteiger partial charge in [-0.2, -0.15) is 0 Å². The summed E-state index contributed by atoms with van der Waals surface area (Å²) in [5.74, 6) is -0.563. The molecule has 2 saturated carbocycles. The third-order valence-electron chi connectivity index (χ3n) is 5.10. The van der Waals surface area contributed by atoms with E-state index in [-0.39, 0.29) is 24.0 Å². The van der Waals surface area contributed by atoms with Gasteiger partial charge in [0.15, 0.2) is 0 Å². The predicted octanol–water partition coefficient (Wildman–Crippen LogP) is 1.89. The van der Waals surface area contributed by atoms with Gasteiger partial charge in [0.05, 0.1) is 5.92 Å². The molecular formula is C15H22N2O3. The van der Waals surface area contributed by atoms with Gasteiger partial charge < -0.3 is 15.7 Å². The second kappa shape index (κ2) is 5.46. The SMILES string of the molecule is O=C(NC1CC=CCC1)NC1C2CCC(C2)C1C(=O)O. The van der Waals surface area contributed by atoms with Crippen LogP contribution in [0.1, 0.15) is 38.5 Å². The standard InChI is InChI=1S/C15H22N2O3/c18-14(19)12-9-6-7-10(8-9)13(12)17-15(20)16-11-4-2-1-3-5-11/h1-2,9-13H,3-8H2,(H,18,19)(H2,16,17,20). The largest absolute Gasteiger partial charge is 0.481 e. The third kappa shape index (κ3) is 2.53. The van der Waals surface area contributed by atoms with Crippen molar-refractivity contribution in [2.75, 3.05) is 0 Å². The van der Waals surface area contributed by atoms with E-state index in [1.807, 2.05) is 0 Å². The van der Waals surface area contributed by atoms with E-state index in [0.29, 0.717) is 5.92 Å². The number of aliphatic carboxylic acids is 1.